The van der Waals surface area contributed by atoms with Gasteiger partial charge in [0.1, 0.15) is 17.2 Å². The van der Waals surface area contributed by atoms with Crippen molar-refractivity contribution in [1.29, 1.82) is 0 Å². The second-order valence-electron chi connectivity index (χ2n) is 10.1. The zero-order valence-corrected chi connectivity index (χ0v) is 21.1. The van der Waals surface area contributed by atoms with Crippen molar-refractivity contribution in [3.05, 3.63) is 71.9 Å². The zero-order valence-electron chi connectivity index (χ0n) is 21.1. The Morgan fingerprint density at radius 1 is 0.921 bits per heavy atom. The minimum absolute atomic E-state index is 0.0971. The average Bonchev–Trinajstić information content (AvgIpc) is 3.31. The van der Waals surface area contributed by atoms with Gasteiger partial charge >= 0.3 is 12.0 Å². The Morgan fingerprint density at radius 2 is 1.66 bits per heavy atom. The SMILES string of the molecule is O=C(O)c1ccc(N2CCC3(CC2)Cc2cc(-c4ccc(NC(=O)N5CCOCC5)cc4)ccc2O3)nc1. The summed E-state index contributed by atoms with van der Waals surface area (Å²) in [6.07, 6.45) is 4.02. The average molecular weight is 515 g/mol. The van der Waals surface area contributed by atoms with Crippen molar-refractivity contribution < 1.29 is 24.2 Å². The molecule has 0 aliphatic carbocycles. The number of anilines is 2. The van der Waals surface area contributed by atoms with Crippen LogP contribution in [0.5, 0.6) is 5.75 Å². The van der Waals surface area contributed by atoms with Crippen LogP contribution in [0.3, 0.4) is 0 Å². The summed E-state index contributed by atoms with van der Waals surface area (Å²) in [5.41, 5.74) is 4.17. The Labute approximate surface area is 221 Å². The zero-order chi connectivity index (χ0) is 26.1. The molecule has 2 amide bonds. The van der Waals surface area contributed by atoms with Crippen molar-refractivity contribution in [1.82, 2.24) is 9.88 Å². The van der Waals surface area contributed by atoms with Crippen LogP contribution in [-0.2, 0) is 11.2 Å². The number of urea groups is 1. The number of ether oxygens (including phenoxy) is 2. The van der Waals surface area contributed by atoms with Crippen LogP contribution in [0.25, 0.3) is 11.1 Å². The molecule has 2 N–H and O–H groups in total. The number of carboxylic acid groups (broad SMARTS) is 1. The van der Waals surface area contributed by atoms with Gasteiger partial charge < -0.3 is 29.7 Å². The summed E-state index contributed by atoms with van der Waals surface area (Å²) in [6, 6.07) is 17.6. The lowest BCUT2D eigenvalue weighted by atomic mass is 9.86. The van der Waals surface area contributed by atoms with E-state index in [1.54, 1.807) is 17.0 Å². The van der Waals surface area contributed by atoms with Crippen molar-refractivity contribution in [2.75, 3.05) is 49.6 Å². The van der Waals surface area contributed by atoms with Gasteiger partial charge in [0.05, 0.1) is 18.8 Å². The Balaban J connectivity index is 1.08. The van der Waals surface area contributed by atoms with Crippen LogP contribution in [0.15, 0.2) is 60.8 Å². The van der Waals surface area contributed by atoms with E-state index in [0.717, 1.165) is 60.7 Å². The van der Waals surface area contributed by atoms with E-state index < -0.39 is 5.97 Å². The molecule has 3 aromatic rings. The summed E-state index contributed by atoms with van der Waals surface area (Å²) < 4.78 is 11.8. The second kappa shape index (κ2) is 9.98. The van der Waals surface area contributed by atoms with Crippen molar-refractivity contribution in [2.45, 2.75) is 24.9 Å². The van der Waals surface area contributed by atoms with Gasteiger partial charge in [0.2, 0.25) is 0 Å². The van der Waals surface area contributed by atoms with Gasteiger partial charge in [-0.2, -0.15) is 0 Å². The van der Waals surface area contributed by atoms with Gasteiger partial charge in [-0.05, 0) is 53.1 Å². The lowest BCUT2D eigenvalue weighted by Crippen LogP contribution is -2.47. The van der Waals surface area contributed by atoms with Crippen LogP contribution in [0.2, 0.25) is 0 Å². The first kappa shape index (κ1) is 24.2. The number of carbonyl (C=O) groups excluding carboxylic acids is 1. The van der Waals surface area contributed by atoms with Crippen molar-refractivity contribution in [3.63, 3.8) is 0 Å². The number of nitrogens with zero attached hydrogens (tertiary/aromatic N) is 3. The molecule has 9 nitrogen and oxygen atoms in total. The molecule has 0 radical (unpaired) electrons. The predicted molar refractivity (Wildman–Crippen MR) is 143 cm³/mol. The number of carbonyl (C=O) groups is 2. The number of nitrogens with one attached hydrogen (secondary N) is 1. The number of benzene rings is 2. The minimum atomic E-state index is -0.968. The molecule has 3 aliphatic rings. The first-order valence-electron chi connectivity index (χ1n) is 13.0. The predicted octanol–water partition coefficient (Wildman–Crippen LogP) is 4.29. The summed E-state index contributed by atoms with van der Waals surface area (Å²) in [5, 5.41) is 12.1. The number of rotatable bonds is 4. The molecule has 9 heteroatoms. The van der Waals surface area contributed by atoms with Crippen LogP contribution in [0, 0.1) is 0 Å². The van der Waals surface area contributed by atoms with Gasteiger partial charge in [-0.3, -0.25) is 0 Å². The number of aromatic nitrogens is 1. The van der Waals surface area contributed by atoms with Crippen LogP contribution in [0.4, 0.5) is 16.3 Å². The highest BCUT2D eigenvalue weighted by Crippen LogP contribution is 2.43. The number of pyridine rings is 1. The van der Waals surface area contributed by atoms with Crippen LogP contribution < -0.4 is 15.0 Å². The number of carboxylic acids is 1. The van der Waals surface area contributed by atoms with E-state index in [0.29, 0.717) is 26.3 Å². The van der Waals surface area contributed by atoms with E-state index in [4.69, 9.17) is 14.6 Å². The number of morpholine rings is 1. The van der Waals surface area contributed by atoms with Gasteiger partial charge in [0, 0.05) is 57.3 Å². The highest BCUT2D eigenvalue weighted by molar-refractivity contribution is 5.90. The van der Waals surface area contributed by atoms with E-state index in [-0.39, 0.29) is 17.2 Å². The Bertz CT molecular complexity index is 1330. The van der Waals surface area contributed by atoms with Crippen LogP contribution >= 0.6 is 0 Å². The molecular formula is C29H30N4O5. The topological polar surface area (TPSA) is 104 Å². The number of hydrogen-bond donors (Lipinski definition) is 2. The number of piperidine rings is 1. The molecule has 2 fully saturated rings. The quantitative estimate of drug-likeness (QED) is 0.535. The molecule has 2 saturated heterocycles. The van der Waals surface area contributed by atoms with E-state index in [2.05, 4.69) is 33.4 Å². The van der Waals surface area contributed by atoms with Gasteiger partial charge in [-0.25, -0.2) is 14.6 Å². The Morgan fingerprint density at radius 3 is 2.34 bits per heavy atom. The van der Waals surface area contributed by atoms with Crippen molar-refractivity contribution in [3.8, 4) is 16.9 Å². The number of amides is 2. The highest BCUT2D eigenvalue weighted by atomic mass is 16.5. The maximum atomic E-state index is 12.5. The summed E-state index contributed by atoms with van der Waals surface area (Å²) >= 11 is 0. The highest BCUT2D eigenvalue weighted by Gasteiger charge is 2.42. The maximum absolute atomic E-state index is 12.5. The molecule has 6 rings (SSSR count). The first-order valence-corrected chi connectivity index (χ1v) is 13.0. The van der Waals surface area contributed by atoms with Gasteiger partial charge in [-0.1, -0.05) is 18.2 Å². The number of hydrogen-bond acceptors (Lipinski definition) is 6. The molecule has 0 unspecified atom stereocenters. The molecule has 196 valence electrons. The van der Waals surface area contributed by atoms with Crippen LogP contribution in [-0.4, -0.2) is 72.0 Å². The molecular weight excluding hydrogens is 484 g/mol. The lowest BCUT2D eigenvalue weighted by molar-refractivity contribution is 0.0564. The van der Waals surface area contributed by atoms with Gasteiger partial charge in [-0.15, -0.1) is 0 Å². The van der Waals surface area contributed by atoms with E-state index in [1.165, 1.54) is 11.8 Å². The molecule has 1 aromatic heterocycles. The fourth-order valence-electron chi connectivity index (χ4n) is 5.45. The molecule has 0 bridgehead atoms. The minimum Gasteiger partial charge on any atom is -0.487 e. The molecule has 1 spiro atoms. The van der Waals surface area contributed by atoms with Crippen molar-refractivity contribution >= 4 is 23.5 Å². The number of fused-ring (bicyclic) bond motifs is 1. The fraction of sp³-hybridized carbons (Fsp3) is 0.345. The third kappa shape index (κ3) is 4.89. The van der Waals surface area contributed by atoms with Crippen LogP contribution in [0.1, 0.15) is 28.8 Å². The van der Waals surface area contributed by atoms with E-state index >= 15 is 0 Å². The smallest absolute Gasteiger partial charge is 0.337 e. The summed E-state index contributed by atoms with van der Waals surface area (Å²) in [4.78, 5) is 31.9. The standard InChI is InChI=1S/C29H30N4O5/c34-27(35)22-4-8-26(30-19-22)32-11-9-29(10-12-32)18-23-17-21(3-7-25(23)38-29)20-1-5-24(6-2-20)31-28(36)33-13-15-37-16-14-33/h1-8,17,19H,9-16,18H2,(H,31,36)(H,34,35). The monoisotopic (exact) mass is 514 g/mol. The van der Waals surface area contributed by atoms with Gasteiger partial charge in [0.15, 0.2) is 0 Å². The Kier molecular flexibility index (Phi) is 6.37. The largest absolute Gasteiger partial charge is 0.487 e. The number of aromatic carboxylic acids is 1. The molecule has 3 aliphatic heterocycles. The third-order valence-electron chi connectivity index (χ3n) is 7.66. The van der Waals surface area contributed by atoms with E-state index in [1.807, 2.05) is 24.3 Å². The normalized spacial score (nSPS) is 18.1. The second-order valence-corrected chi connectivity index (χ2v) is 10.1. The molecule has 0 saturated carbocycles. The molecule has 4 heterocycles. The molecule has 38 heavy (non-hydrogen) atoms. The fourth-order valence-corrected chi connectivity index (χ4v) is 5.45. The molecule has 0 atom stereocenters. The third-order valence-corrected chi connectivity index (χ3v) is 7.66. The first-order chi connectivity index (χ1) is 18.5. The van der Waals surface area contributed by atoms with Crippen molar-refractivity contribution in [2.24, 2.45) is 0 Å². The maximum Gasteiger partial charge on any atom is 0.337 e. The summed E-state index contributed by atoms with van der Waals surface area (Å²) in [6.45, 7) is 3.98. The summed E-state index contributed by atoms with van der Waals surface area (Å²) in [7, 11) is 0. The van der Waals surface area contributed by atoms with E-state index in [9.17, 15) is 9.59 Å². The molecule has 2 aromatic carbocycles. The summed E-state index contributed by atoms with van der Waals surface area (Å²) in [5.74, 6) is 0.775. The Hall–Kier alpha value is -4.11. The lowest BCUT2D eigenvalue weighted by Gasteiger charge is -2.39. The van der Waals surface area contributed by atoms with Gasteiger partial charge in [0.25, 0.3) is 0 Å².